The van der Waals surface area contributed by atoms with Gasteiger partial charge in [-0.1, -0.05) is 36.4 Å². The number of hydrogen-bond donors (Lipinski definition) is 4. The molecular formula is C12H12Cl3GaN6-2. The Morgan fingerprint density at radius 1 is 0.682 bits per heavy atom. The van der Waals surface area contributed by atoms with E-state index in [4.69, 9.17) is 28.9 Å². The van der Waals surface area contributed by atoms with Crippen molar-refractivity contribution in [2.75, 3.05) is 10.9 Å². The van der Waals surface area contributed by atoms with Gasteiger partial charge in [0.05, 0.1) is 0 Å². The van der Waals surface area contributed by atoms with Crippen LogP contribution >= 0.6 is 28.9 Å². The van der Waals surface area contributed by atoms with Crippen LogP contribution in [0.15, 0.2) is 48.5 Å². The van der Waals surface area contributed by atoms with Crippen molar-refractivity contribution >= 4 is 64.9 Å². The van der Waals surface area contributed by atoms with E-state index in [1.165, 1.54) is 0 Å². The van der Waals surface area contributed by atoms with E-state index in [2.05, 4.69) is 32.8 Å². The van der Waals surface area contributed by atoms with Crippen LogP contribution in [0.25, 0.3) is 10.9 Å². The van der Waals surface area contributed by atoms with E-state index in [0.717, 1.165) is 22.7 Å². The Kier molecular flexibility index (Phi) is 7.33. The zero-order valence-electron chi connectivity index (χ0n) is 11.2. The molecule has 4 rings (SSSR count). The number of fused-ring (bicyclic) bond motifs is 2. The van der Waals surface area contributed by atoms with Crippen LogP contribution in [0.4, 0.5) is 22.7 Å². The summed E-state index contributed by atoms with van der Waals surface area (Å²) in [5.74, 6) is 0. The first-order valence-corrected chi connectivity index (χ1v) is 15.8. The molecule has 0 atom stereocenters. The normalized spacial score (nSPS) is 12.5. The van der Waals surface area contributed by atoms with Crippen molar-refractivity contribution in [1.82, 2.24) is 11.1 Å². The third-order valence-corrected chi connectivity index (χ3v) is 2.54. The fourth-order valence-electron chi connectivity index (χ4n) is 1.65. The van der Waals surface area contributed by atoms with E-state index >= 15 is 0 Å². The summed E-state index contributed by atoms with van der Waals surface area (Å²) in [4.78, 5) is 0. The molecule has 2 aliphatic heterocycles. The zero-order valence-corrected chi connectivity index (χ0v) is 15.9. The molecule has 0 spiro atoms. The van der Waals surface area contributed by atoms with Crippen molar-refractivity contribution in [2.24, 2.45) is 0 Å². The zero-order chi connectivity index (χ0) is 15.8. The van der Waals surface area contributed by atoms with Crippen LogP contribution in [-0.2, 0) is 0 Å². The Morgan fingerprint density at radius 2 is 1.05 bits per heavy atom. The molecule has 2 aliphatic rings. The molecule has 0 unspecified atom stereocenters. The summed E-state index contributed by atoms with van der Waals surface area (Å²) in [6.07, 6.45) is 0. The minimum absolute atomic E-state index is 0.970. The molecule has 2 aromatic rings. The number of hydrazine groups is 2. The molecule has 0 bridgehead atoms. The molecular weight excluding hydrogens is 404 g/mol. The van der Waals surface area contributed by atoms with Crippen molar-refractivity contribution in [3.63, 3.8) is 0 Å². The second kappa shape index (κ2) is 9.26. The van der Waals surface area contributed by atoms with Gasteiger partial charge in [-0.2, -0.15) is 0 Å². The van der Waals surface area contributed by atoms with Gasteiger partial charge >= 0.3 is 42.1 Å². The van der Waals surface area contributed by atoms with Crippen LogP contribution in [0, 0.1) is 0 Å². The monoisotopic (exact) mass is 414 g/mol. The first-order chi connectivity index (χ1) is 10.7. The van der Waals surface area contributed by atoms with Crippen molar-refractivity contribution in [2.45, 2.75) is 0 Å². The minimum atomic E-state index is -2.06. The van der Waals surface area contributed by atoms with E-state index in [1.807, 2.05) is 48.5 Å². The topological polar surface area (TPSA) is 76.3 Å². The van der Waals surface area contributed by atoms with E-state index in [-0.39, 0.29) is 0 Å². The molecule has 0 aromatic heterocycles. The molecule has 2 heterocycles. The first-order valence-electron chi connectivity index (χ1n) is 6.20. The fraction of sp³-hybridized carbons (Fsp3) is 0. The summed E-state index contributed by atoms with van der Waals surface area (Å²) in [6, 6.07) is 15.7. The minimum Gasteiger partial charge on any atom is -0.602 e. The fourth-order valence-corrected chi connectivity index (χ4v) is 1.65. The van der Waals surface area contributed by atoms with Crippen LogP contribution in [0.2, 0.25) is 0 Å². The van der Waals surface area contributed by atoms with Crippen LogP contribution in [0.3, 0.4) is 0 Å². The number of para-hydroxylation sites is 4. The molecule has 22 heavy (non-hydrogen) atoms. The Labute approximate surface area is 145 Å². The first kappa shape index (κ1) is 17.4. The third kappa shape index (κ3) is 5.69. The molecule has 10 heteroatoms. The van der Waals surface area contributed by atoms with E-state index in [9.17, 15) is 0 Å². The number of nitrogens with zero attached hydrogens (tertiary/aromatic N) is 2. The Morgan fingerprint density at radius 3 is 1.41 bits per heavy atom. The van der Waals surface area contributed by atoms with Gasteiger partial charge in [0.25, 0.3) is 0 Å². The maximum absolute atomic E-state index is 4.99. The summed E-state index contributed by atoms with van der Waals surface area (Å²) >= 11 is -2.06. The smallest absolute Gasteiger partial charge is 0.0334 e. The summed E-state index contributed by atoms with van der Waals surface area (Å²) in [5, 5.41) is 0. The van der Waals surface area contributed by atoms with Crippen LogP contribution in [0.5, 0.6) is 0 Å². The van der Waals surface area contributed by atoms with Gasteiger partial charge in [-0.25, -0.2) is 0 Å². The predicted molar refractivity (Wildman–Crippen MR) is 95.8 cm³/mol. The molecule has 0 saturated heterocycles. The van der Waals surface area contributed by atoms with Crippen molar-refractivity contribution in [1.29, 1.82) is 0 Å². The Bertz CT molecular complexity index is 502. The summed E-state index contributed by atoms with van der Waals surface area (Å²) in [7, 11) is 15.0. The van der Waals surface area contributed by atoms with Gasteiger partial charge in [0.15, 0.2) is 0 Å². The number of nitrogens with one attached hydrogen (secondary N) is 4. The second-order valence-electron chi connectivity index (χ2n) is 3.98. The van der Waals surface area contributed by atoms with Gasteiger partial charge in [0, 0.05) is 11.4 Å². The summed E-state index contributed by atoms with van der Waals surface area (Å²) in [5.41, 5.74) is 23.0. The molecule has 4 N–H and O–H groups in total. The predicted octanol–water partition coefficient (Wildman–Crippen LogP) is 4.76. The maximum atomic E-state index is 4.99. The SMILES string of the molecule is [Cl][Ga]([Cl])[Cl].c1ccc2c(c1)[N-]NN2.c1ccc2c(c1)[N-]NN2. The summed E-state index contributed by atoms with van der Waals surface area (Å²) in [6.45, 7) is 0. The van der Waals surface area contributed by atoms with Gasteiger partial charge in [0.2, 0.25) is 0 Å². The number of halogens is 3. The molecule has 0 fully saturated rings. The van der Waals surface area contributed by atoms with Gasteiger partial charge in [-0.3, -0.25) is 0 Å². The van der Waals surface area contributed by atoms with E-state index < -0.39 is 13.2 Å². The van der Waals surface area contributed by atoms with Gasteiger partial charge in [0.1, 0.15) is 0 Å². The molecule has 0 saturated carbocycles. The van der Waals surface area contributed by atoms with Crippen molar-refractivity contribution in [3.05, 3.63) is 59.4 Å². The van der Waals surface area contributed by atoms with E-state index in [1.54, 1.807) is 0 Å². The average Bonchev–Trinajstić information content (AvgIpc) is 3.16. The number of rotatable bonds is 0. The van der Waals surface area contributed by atoms with Gasteiger partial charge in [-0.15, -0.1) is 11.4 Å². The maximum Gasteiger partial charge on any atom is 0.0334 e. The Hall–Kier alpha value is -0.934. The summed E-state index contributed by atoms with van der Waals surface area (Å²) < 4.78 is 0. The number of benzene rings is 2. The number of anilines is 2. The van der Waals surface area contributed by atoms with Crippen LogP contribution in [0.1, 0.15) is 0 Å². The van der Waals surface area contributed by atoms with Gasteiger partial charge in [-0.05, 0) is 12.1 Å². The molecule has 6 nitrogen and oxygen atoms in total. The van der Waals surface area contributed by atoms with Gasteiger partial charge < -0.3 is 32.8 Å². The van der Waals surface area contributed by atoms with Crippen LogP contribution in [-0.4, -0.2) is 13.2 Å². The largest absolute Gasteiger partial charge is 0.602 e. The standard InChI is InChI=1S/2C6H6N3.3ClH.Ga/c2*1-2-4-6-5(3-1)7-9-8-6;;;;/h2*1-4,7,9H;3*1H;/q2*-1;;;;+3/p-3. The average molecular weight is 416 g/mol. The van der Waals surface area contributed by atoms with Crippen LogP contribution < -0.4 is 21.9 Å². The third-order valence-electron chi connectivity index (χ3n) is 2.54. The quantitative estimate of drug-likeness (QED) is 0.467. The van der Waals surface area contributed by atoms with E-state index in [0.29, 0.717) is 0 Å². The second-order valence-corrected chi connectivity index (χ2v) is 15.3. The molecule has 0 radical (unpaired) electrons. The van der Waals surface area contributed by atoms with Crippen molar-refractivity contribution in [3.8, 4) is 0 Å². The molecule has 2 aromatic carbocycles. The van der Waals surface area contributed by atoms with Crippen molar-refractivity contribution < 1.29 is 0 Å². The molecule has 0 aliphatic carbocycles. The Balaban J connectivity index is 0.000000131. The molecule has 116 valence electrons. The molecule has 0 amide bonds. The number of hydrogen-bond acceptors (Lipinski definition) is 4.